The standard InChI is InChI=1S/C23H29N3O5S/c1-14(2)22(23(28)24-19-8-6-7-9-21(19)31-5)25-32(29,30)18-10-11-20-17(13-18)12-15(3)26(20)16(4)27/h6-11,13-15,22,25H,12H2,1-5H3,(H,24,28)/t15-,22+/m1/s1. The number of ether oxygens (including phenoxy) is 1. The number of hydrogen-bond acceptors (Lipinski definition) is 5. The van der Waals surface area contributed by atoms with Gasteiger partial charge in [-0.2, -0.15) is 4.72 Å². The number of fused-ring (bicyclic) bond motifs is 1. The molecule has 32 heavy (non-hydrogen) atoms. The molecule has 2 amide bonds. The Labute approximate surface area is 189 Å². The summed E-state index contributed by atoms with van der Waals surface area (Å²) in [6, 6.07) is 10.6. The van der Waals surface area contributed by atoms with Gasteiger partial charge in [0, 0.05) is 18.7 Å². The molecule has 0 fully saturated rings. The Morgan fingerprint density at radius 1 is 1.16 bits per heavy atom. The molecule has 0 aromatic heterocycles. The summed E-state index contributed by atoms with van der Waals surface area (Å²) in [5, 5.41) is 2.75. The molecule has 3 rings (SSSR count). The van der Waals surface area contributed by atoms with Gasteiger partial charge in [-0.3, -0.25) is 9.59 Å². The zero-order chi connectivity index (χ0) is 23.6. The molecule has 0 unspecified atom stereocenters. The molecule has 0 radical (unpaired) electrons. The molecule has 0 saturated heterocycles. The van der Waals surface area contributed by atoms with E-state index in [2.05, 4.69) is 10.0 Å². The first-order valence-corrected chi connectivity index (χ1v) is 11.9. The molecule has 2 N–H and O–H groups in total. The van der Waals surface area contributed by atoms with Crippen molar-refractivity contribution in [1.82, 2.24) is 4.72 Å². The molecule has 172 valence electrons. The lowest BCUT2D eigenvalue weighted by atomic mass is 10.0. The van der Waals surface area contributed by atoms with E-state index in [0.717, 1.165) is 11.3 Å². The summed E-state index contributed by atoms with van der Waals surface area (Å²) in [6.07, 6.45) is 0.570. The van der Waals surface area contributed by atoms with Gasteiger partial charge < -0.3 is 15.0 Å². The number of amides is 2. The van der Waals surface area contributed by atoms with E-state index in [1.54, 1.807) is 55.1 Å². The van der Waals surface area contributed by atoms with Crippen LogP contribution in [0.15, 0.2) is 47.4 Å². The van der Waals surface area contributed by atoms with Gasteiger partial charge in [0.2, 0.25) is 21.8 Å². The molecule has 2 aromatic carbocycles. The van der Waals surface area contributed by atoms with Gasteiger partial charge in [0.05, 0.1) is 17.7 Å². The Morgan fingerprint density at radius 3 is 2.47 bits per heavy atom. The summed E-state index contributed by atoms with van der Waals surface area (Å²) in [6.45, 7) is 6.95. The molecule has 0 spiro atoms. The van der Waals surface area contributed by atoms with Crippen molar-refractivity contribution in [2.45, 2.75) is 51.1 Å². The van der Waals surface area contributed by atoms with Gasteiger partial charge in [-0.15, -0.1) is 0 Å². The number of para-hydroxylation sites is 2. The Balaban J connectivity index is 1.84. The van der Waals surface area contributed by atoms with Crippen molar-refractivity contribution in [3.05, 3.63) is 48.0 Å². The second-order valence-electron chi connectivity index (χ2n) is 8.27. The van der Waals surface area contributed by atoms with Crippen LogP contribution >= 0.6 is 0 Å². The van der Waals surface area contributed by atoms with E-state index in [0.29, 0.717) is 17.9 Å². The van der Waals surface area contributed by atoms with E-state index in [4.69, 9.17) is 4.74 Å². The predicted octanol–water partition coefficient (Wildman–Crippen LogP) is 2.93. The summed E-state index contributed by atoms with van der Waals surface area (Å²) in [7, 11) is -2.48. The van der Waals surface area contributed by atoms with Crippen LogP contribution in [-0.2, 0) is 26.0 Å². The highest BCUT2D eigenvalue weighted by molar-refractivity contribution is 7.89. The molecule has 1 aliphatic heterocycles. The average Bonchev–Trinajstić information content (AvgIpc) is 3.07. The average molecular weight is 460 g/mol. The molecule has 0 aliphatic carbocycles. The third-order valence-corrected chi connectivity index (χ3v) is 6.95. The van der Waals surface area contributed by atoms with Crippen LogP contribution in [0.1, 0.15) is 33.3 Å². The van der Waals surface area contributed by atoms with Crippen molar-refractivity contribution < 1.29 is 22.7 Å². The third kappa shape index (κ3) is 4.78. The van der Waals surface area contributed by atoms with Gasteiger partial charge in [-0.1, -0.05) is 26.0 Å². The molecule has 0 saturated carbocycles. The number of anilines is 2. The minimum absolute atomic E-state index is 0.0385. The van der Waals surface area contributed by atoms with Crippen molar-refractivity contribution >= 4 is 33.2 Å². The Bertz CT molecular complexity index is 1130. The second-order valence-corrected chi connectivity index (χ2v) is 9.98. The number of rotatable bonds is 7. The highest BCUT2D eigenvalue weighted by Crippen LogP contribution is 2.34. The Hall–Kier alpha value is -2.91. The number of benzene rings is 2. The van der Waals surface area contributed by atoms with E-state index >= 15 is 0 Å². The van der Waals surface area contributed by atoms with Crippen molar-refractivity contribution in [1.29, 1.82) is 0 Å². The van der Waals surface area contributed by atoms with Gasteiger partial charge in [0.15, 0.2) is 0 Å². The van der Waals surface area contributed by atoms with Crippen LogP contribution < -0.4 is 19.7 Å². The summed E-state index contributed by atoms with van der Waals surface area (Å²) in [5.74, 6) is -0.389. The van der Waals surface area contributed by atoms with E-state index in [9.17, 15) is 18.0 Å². The fourth-order valence-electron chi connectivity index (χ4n) is 3.94. The monoisotopic (exact) mass is 459 g/mol. The number of methoxy groups -OCH3 is 1. The van der Waals surface area contributed by atoms with E-state index < -0.39 is 22.0 Å². The minimum Gasteiger partial charge on any atom is -0.495 e. The quantitative estimate of drug-likeness (QED) is 0.662. The summed E-state index contributed by atoms with van der Waals surface area (Å²) >= 11 is 0. The zero-order valence-corrected chi connectivity index (χ0v) is 19.7. The molecule has 2 aromatic rings. The topological polar surface area (TPSA) is 105 Å². The van der Waals surface area contributed by atoms with Crippen molar-refractivity contribution in [3.8, 4) is 5.75 Å². The number of sulfonamides is 1. The first kappa shape index (κ1) is 23.7. The van der Waals surface area contributed by atoms with E-state index in [1.807, 2.05) is 6.92 Å². The van der Waals surface area contributed by atoms with E-state index in [-0.39, 0.29) is 22.8 Å². The van der Waals surface area contributed by atoms with Gasteiger partial charge in [-0.05, 0) is 55.2 Å². The molecular formula is C23H29N3O5S. The lowest BCUT2D eigenvalue weighted by Crippen LogP contribution is -2.47. The SMILES string of the molecule is COc1ccccc1NC(=O)[C@@H](NS(=O)(=O)c1ccc2c(c1)C[C@@H](C)N2C(C)=O)C(C)C. The maximum absolute atomic E-state index is 13.1. The maximum atomic E-state index is 13.1. The van der Waals surface area contributed by atoms with Crippen molar-refractivity contribution in [2.75, 3.05) is 17.3 Å². The molecule has 8 nitrogen and oxygen atoms in total. The molecule has 0 bridgehead atoms. The van der Waals surface area contributed by atoms with E-state index in [1.165, 1.54) is 20.1 Å². The second kappa shape index (κ2) is 9.30. The minimum atomic E-state index is -3.98. The van der Waals surface area contributed by atoms with Gasteiger partial charge in [-0.25, -0.2) is 8.42 Å². The summed E-state index contributed by atoms with van der Waals surface area (Å²) in [4.78, 5) is 26.6. The number of carbonyl (C=O) groups is 2. The maximum Gasteiger partial charge on any atom is 0.242 e. The molecule has 9 heteroatoms. The molecule has 1 heterocycles. The van der Waals surface area contributed by atoms with Crippen LogP contribution in [0, 0.1) is 5.92 Å². The largest absolute Gasteiger partial charge is 0.495 e. The molecular weight excluding hydrogens is 430 g/mol. The smallest absolute Gasteiger partial charge is 0.242 e. The van der Waals surface area contributed by atoms with Crippen LogP contribution in [0.5, 0.6) is 5.75 Å². The van der Waals surface area contributed by atoms with Crippen LogP contribution in [0.3, 0.4) is 0 Å². The fourth-order valence-corrected chi connectivity index (χ4v) is 5.33. The lowest BCUT2D eigenvalue weighted by Gasteiger charge is -2.23. The first-order valence-electron chi connectivity index (χ1n) is 10.4. The van der Waals surface area contributed by atoms with Crippen molar-refractivity contribution in [3.63, 3.8) is 0 Å². The number of nitrogens with one attached hydrogen (secondary N) is 2. The van der Waals surface area contributed by atoms with Gasteiger partial charge in [0.1, 0.15) is 11.8 Å². The Morgan fingerprint density at radius 2 is 1.84 bits per heavy atom. The van der Waals surface area contributed by atoms with Crippen LogP contribution in [0.2, 0.25) is 0 Å². The van der Waals surface area contributed by atoms with Gasteiger partial charge in [0.25, 0.3) is 0 Å². The molecule has 2 atom stereocenters. The van der Waals surface area contributed by atoms with Gasteiger partial charge >= 0.3 is 0 Å². The van der Waals surface area contributed by atoms with Crippen LogP contribution in [0.25, 0.3) is 0 Å². The summed E-state index contributed by atoms with van der Waals surface area (Å²) in [5.41, 5.74) is 1.97. The highest BCUT2D eigenvalue weighted by Gasteiger charge is 2.32. The fraction of sp³-hybridized carbons (Fsp3) is 0.391. The summed E-state index contributed by atoms with van der Waals surface area (Å²) < 4.78 is 34.0. The number of hydrogen-bond donors (Lipinski definition) is 2. The third-order valence-electron chi connectivity index (χ3n) is 5.51. The van der Waals surface area contributed by atoms with Crippen LogP contribution in [0.4, 0.5) is 11.4 Å². The Kier molecular flexibility index (Phi) is 6.90. The lowest BCUT2D eigenvalue weighted by molar-refractivity contribution is -0.118. The number of carbonyl (C=O) groups excluding carboxylic acids is 2. The first-order chi connectivity index (χ1) is 15.0. The molecule has 1 aliphatic rings. The predicted molar refractivity (Wildman–Crippen MR) is 123 cm³/mol. The van der Waals surface area contributed by atoms with Crippen LogP contribution in [-0.4, -0.2) is 39.4 Å². The normalized spacial score (nSPS) is 16.6. The number of nitrogens with zero attached hydrogens (tertiary/aromatic N) is 1. The highest BCUT2D eigenvalue weighted by atomic mass is 32.2. The zero-order valence-electron chi connectivity index (χ0n) is 18.9. The van der Waals surface area contributed by atoms with Crippen molar-refractivity contribution in [2.24, 2.45) is 5.92 Å².